The first-order valence-electron chi connectivity index (χ1n) is 13.6. The van der Waals surface area contributed by atoms with Gasteiger partial charge in [-0.05, 0) is 36.6 Å². The van der Waals surface area contributed by atoms with Crippen molar-refractivity contribution in [3.05, 3.63) is 48.0 Å². The van der Waals surface area contributed by atoms with Crippen LogP contribution in [-0.4, -0.2) is 78.7 Å². The summed E-state index contributed by atoms with van der Waals surface area (Å²) in [5.74, 6) is 0.658. The molecule has 204 valence electrons. The zero-order valence-electron chi connectivity index (χ0n) is 22.4. The minimum absolute atomic E-state index is 0.0495. The van der Waals surface area contributed by atoms with Crippen LogP contribution in [0, 0.1) is 0 Å². The number of pyridine rings is 1. The topological polar surface area (TPSA) is 95.2 Å². The van der Waals surface area contributed by atoms with Gasteiger partial charge in [-0.2, -0.15) is 0 Å². The SMILES string of the molecule is C[Si](C)(C)CCOCn1c(O[C@@H]2CO[C@H]3[C@@H]2OC[C@H]3O)cc2ccc(-c3ccc(C4(CO)CC4)cc3)nc21. The first-order chi connectivity index (χ1) is 18.3. The van der Waals surface area contributed by atoms with Crippen molar-refractivity contribution >= 4 is 19.1 Å². The van der Waals surface area contributed by atoms with Gasteiger partial charge in [0, 0.05) is 37.1 Å². The molecule has 0 spiro atoms. The maximum atomic E-state index is 10.1. The second-order valence-corrected chi connectivity index (χ2v) is 17.8. The fraction of sp³-hybridized carbons (Fsp3) is 0.552. The van der Waals surface area contributed by atoms with Crippen LogP contribution in [-0.2, 0) is 26.4 Å². The second-order valence-electron chi connectivity index (χ2n) is 12.2. The number of benzene rings is 1. The van der Waals surface area contributed by atoms with Crippen molar-refractivity contribution < 1.29 is 29.2 Å². The van der Waals surface area contributed by atoms with Gasteiger partial charge in [-0.25, -0.2) is 4.98 Å². The number of nitrogens with zero attached hydrogens (tertiary/aromatic N) is 2. The van der Waals surface area contributed by atoms with Crippen molar-refractivity contribution in [2.24, 2.45) is 0 Å². The highest BCUT2D eigenvalue weighted by Gasteiger charge is 2.48. The lowest BCUT2D eigenvalue weighted by Crippen LogP contribution is -2.35. The number of rotatable bonds is 10. The Kier molecular flexibility index (Phi) is 6.86. The van der Waals surface area contributed by atoms with Crippen LogP contribution in [0.5, 0.6) is 5.88 Å². The van der Waals surface area contributed by atoms with Gasteiger partial charge in [0.15, 0.2) is 12.0 Å². The summed E-state index contributed by atoms with van der Waals surface area (Å²) in [5, 5.41) is 20.9. The number of hydrogen-bond donors (Lipinski definition) is 2. The van der Waals surface area contributed by atoms with Crippen LogP contribution in [0.4, 0.5) is 0 Å². The Labute approximate surface area is 224 Å². The molecule has 2 saturated heterocycles. The average Bonchev–Trinajstić information content (AvgIpc) is 3.30. The maximum Gasteiger partial charge on any atom is 0.198 e. The summed E-state index contributed by atoms with van der Waals surface area (Å²) >= 11 is 0. The predicted molar refractivity (Wildman–Crippen MR) is 147 cm³/mol. The third kappa shape index (κ3) is 5.03. The molecule has 2 aromatic heterocycles. The van der Waals surface area contributed by atoms with E-state index in [2.05, 4.69) is 50.0 Å². The van der Waals surface area contributed by atoms with E-state index in [4.69, 9.17) is 23.9 Å². The third-order valence-corrected chi connectivity index (χ3v) is 9.83. The van der Waals surface area contributed by atoms with E-state index in [-0.39, 0.29) is 36.9 Å². The zero-order chi connectivity index (χ0) is 26.5. The summed E-state index contributed by atoms with van der Waals surface area (Å²) in [6.07, 6.45) is 0.513. The normalized spacial score (nSPS) is 26.1. The molecule has 3 aromatic rings. The molecular weight excluding hydrogens is 500 g/mol. The van der Waals surface area contributed by atoms with Gasteiger partial charge >= 0.3 is 0 Å². The van der Waals surface area contributed by atoms with Gasteiger partial charge in [0.2, 0.25) is 0 Å². The first-order valence-corrected chi connectivity index (χ1v) is 17.3. The van der Waals surface area contributed by atoms with E-state index in [1.54, 1.807) is 0 Å². The highest BCUT2D eigenvalue weighted by molar-refractivity contribution is 6.76. The van der Waals surface area contributed by atoms with Gasteiger partial charge in [-0.15, -0.1) is 0 Å². The van der Waals surface area contributed by atoms with E-state index in [1.165, 1.54) is 5.56 Å². The Morgan fingerprint density at radius 1 is 1.05 bits per heavy atom. The number of hydrogen-bond acceptors (Lipinski definition) is 7. The van der Waals surface area contributed by atoms with Gasteiger partial charge < -0.3 is 29.2 Å². The van der Waals surface area contributed by atoms with E-state index >= 15 is 0 Å². The summed E-state index contributed by atoms with van der Waals surface area (Å²) in [6, 6.07) is 15.6. The Balaban J connectivity index is 1.28. The van der Waals surface area contributed by atoms with E-state index in [0.29, 0.717) is 25.8 Å². The molecule has 3 aliphatic rings. The van der Waals surface area contributed by atoms with Gasteiger partial charge in [0.05, 0.1) is 25.5 Å². The lowest BCUT2D eigenvalue weighted by atomic mass is 9.95. The predicted octanol–water partition coefficient (Wildman–Crippen LogP) is 3.95. The molecular formula is C29H38N2O6Si. The number of fused-ring (bicyclic) bond motifs is 2. The molecule has 4 heterocycles. The monoisotopic (exact) mass is 538 g/mol. The molecule has 2 N–H and O–H groups in total. The van der Waals surface area contributed by atoms with Crippen molar-refractivity contribution in [1.29, 1.82) is 0 Å². The van der Waals surface area contributed by atoms with Crippen molar-refractivity contribution in [2.45, 2.75) is 75.1 Å². The molecule has 8 nitrogen and oxygen atoms in total. The van der Waals surface area contributed by atoms with Gasteiger partial charge in [-0.1, -0.05) is 43.9 Å². The Morgan fingerprint density at radius 3 is 2.53 bits per heavy atom. The van der Waals surface area contributed by atoms with Crippen LogP contribution in [0.25, 0.3) is 22.3 Å². The van der Waals surface area contributed by atoms with E-state index in [1.807, 2.05) is 16.7 Å². The number of ether oxygens (including phenoxy) is 4. The molecule has 9 heteroatoms. The molecule has 1 aliphatic carbocycles. The lowest BCUT2D eigenvalue weighted by molar-refractivity contribution is 0.00475. The molecule has 38 heavy (non-hydrogen) atoms. The van der Waals surface area contributed by atoms with Gasteiger partial charge in [0.25, 0.3) is 0 Å². The van der Waals surface area contributed by atoms with Crippen LogP contribution >= 0.6 is 0 Å². The van der Waals surface area contributed by atoms with Crippen LogP contribution in [0.3, 0.4) is 0 Å². The summed E-state index contributed by atoms with van der Waals surface area (Å²) in [7, 11) is -1.22. The Bertz CT molecular complexity index is 1280. The molecule has 0 unspecified atom stereocenters. The molecule has 0 bridgehead atoms. The fourth-order valence-electron chi connectivity index (χ4n) is 5.40. The molecule has 0 amide bonds. The molecule has 1 aromatic carbocycles. The number of aromatic nitrogens is 2. The lowest BCUT2D eigenvalue weighted by Gasteiger charge is -2.20. The van der Waals surface area contributed by atoms with E-state index in [9.17, 15) is 10.2 Å². The minimum atomic E-state index is -1.22. The first kappa shape index (κ1) is 26.0. The molecule has 2 aliphatic heterocycles. The van der Waals surface area contributed by atoms with Crippen LogP contribution in [0.1, 0.15) is 18.4 Å². The fourth-order valence-corrected chi connectivity index (χ4v) is 6.16. The maximum absolute atomic E-state index is 10.1. The second kappa shape index (κ2) is 10.0. The molecule has 6 rings (SSSR count). The van der Waals surface area contributed by atoms with Crippen molar-refractivity contribution in [3.63, 3.8) is 0 Å². The summed E-state index contributed by atoms with van der Waals surface area (Å²) in [4.78, 5) is 5.03. The van der Waals surface area contributed by atoms with E-state index < -0.39 is 14.2 Å². The van der Waals surface area contributed by atoms with Crippen molar-refractivity contribution in [1.82, 2.24) is 9.55 Å². The Morgan fingerprint density at radius 2 is 1.82 bits per heavy atom. The standard InChI is InChI=1S/C29H38N2O6Si/c1-38(2,3)13-12-34-18-31-25(37-24-16-36-26-23(33)15-35-27(24)26)14-20-6-9-22(30-28(20)31)19-4-7-21(8-5-19)29(17-32)10-11-29/h4-9,14,23-24,26-27,32-33H,10-13,15-18H2,1-3H3/t23-,24-,26-,27-/m1/s1. The van der Waals surface area contributed by atoms with Crippen LogP contribution in [0.15, 0.2) is 42.5 Å². The smallest absolute Gasteiger partial charge is 0.198 e. The Hall–Kier alpha value is -2.27. The number of aliphatic hydroxyl groups is 2. The molecule has 1 saturated carbocycles. The third-order valence-electron chi connectivity index (χ3n) is 8.13. The quantitative estimate of drug-likeness (QED) is 0.298. The summed E-state index contributed by atoms with van der Waals surface area (Å²) < 4.78 is 26.1. The average molecular weight is 539 g/mol. The zero-order valence-corrected chi connectivity index (χ0v) is 23.4. The van der Waals surface area contributed by atoms with Crippen LogP contribution < -0.4 is 4.74 Å². The largest absolute Gasteiger partial charge is 0.470 e. The van der Waals surface area contributed by atoms with Crippen molar-refractivity contribution in [2.75, 3.05) is 26.4 Å². The highest BCUT2D eigenvalue weighted by Crippen LogP contribution is 2.47. The van der Waals surface area contributed by atoms with Gasteiger partial charge in [0.1, 0.15) is 30.7 Å². The summed E-state index contributed by atoms with van der Waals surface area (Å²) in [5.41, 5.74) is 3.84. The molecule has 4 atom stereocenters. The molecule has 0 radical (unpaired) electrons. The van der Waals surface area contributed by atoms with E-state index in [0.717, 1.165) is 41.2 Å². The number of aliphatic hydroxyl groups excluding tert-OH is 2. The molecule has 3 fully saturated rings. The minimum Gasteiger partial charge on any atom is -0.470 e. The van der Waals surface area contributed by atoms with Crippen LogP contribution in [0.2, 0.25) is 25.7 Å². The van der Waals surface area contributed by atoms with Crippen molar-refractivity contribution in [3.8, 4) is 17.1 Å². The van der Waals surface area contributed by atoms with Gasteiger partial charge in [-0.3, -0.25) is 4.57 Å². The highest BCUT2D eigenvalue weighted by atomic mass is 28.3. The summed E-state index contributed by atoms with van der Waals surface area (Å²) in [6.45, 7) is 8.87.